The molecule has 4 heterocycles. The zero-order valence-corrected chi connectivity index (χ0v) is 17.8. The second kappa shape index (κ2) is 8.98. The van der Waals surface area contributed by atoms with Crippen LogP contribution in [0.1, 0.15) is 17.9 Å². The topological polar surface area (TPSA) is 102 Å². The summed E-state index contributed by atoms with van der Waals surface area (Å²) in [5, 5.41) is 19.7. The van der Waals surface area contributed by atoms with E-state index in [0.717, 1.165) is 43.1 Å². The van der Waals surface area contributed by atoms with Crippen LogP contribution in [0.2, 0.25) is 0 Å². The molecular formula is C21H21F2N9O. The van der Waals surface area contributed by atoms with Crippen molar-refractivity contribution in [3.8, 4) is 22.8 Å². The summed E-state index contributed by atoms with van der Waals surface area (Å²) in [6, 6.07) is 11.0. The molecule has 1 saturated heterocycles. The standard InChI is InChI=1S/C21H21F2N9O/c1-30-8-10-31(11-9-30)17-7-6-16(12-24-17)19-25-29-32(28-19)13-14-2-4-15(5-3-14)20-26-27-21(33-20)18(22)23/h2-7,12,18H,8-11,13H2,1H3. The molecule has 1 fully saturated rings. The van der Waals surface area contributed by atoms with E-state index in [-0.39, 0.29) is 5.89 Å². The second-order valence-corrected chi connectivity index (χ2v) is 7.78. The molecule has 0 amide bonds. The van der Waals surface area contributed by atoms with Gasteiger partial charge in [0, 0.05) is 43.5 Å². The van der Waals surface area contributed by atoms with E-state index in [2.05, 4.69) is 47.4 Å². The molecule has 0 atom stereocenters. The molecule has 1 aliphatic rings. The summed E-state index contributed by atoms with van der Waals surface area (Å²) in [5.74, 6) is 0.792. The molecule has 10 nitrogen and oxygen atoms in total. The van der Waals surface area contributed by atoms with Gasteiger partial charge < -0.3 is 14.2 Å². The lowest BCUT2D eigenvalue weighted by molar-refractivity contribution is 0.116. The number of alkyl halides is 2. The van der Waals surface area contributed by atoms with Crippen LogP contribution in [0.3, 0.4) is 0 Å². The van der Waals surface area contributed by atoms with Crippen molar-refractivity contribution in [2.24, 2.45) is 0 Å². The van der Waals surface area contributed by atoms with Crippen molar-refractivity contribution in [1.82, 2.24) is 40.3 Å². The number of rotatable bonds is 6. The first-order valence-electron chi connectivity index (χ1n) is 10.4. The van der Waals surface area contributed by atoms with E-state index in [1.54, 1.807) is 18.3 Å². The van der Waals surface area contributed by atoms with Gasteiger partial charge in [0.2, 0.25) is 11.7 Å². The van der Waals surface area contributed by atoms with Crippen LogP contribution in [0.4, 0.5) is 14.6 Å². The smallest absolute Gasteiger partial charge is 0.314 e. The fourth-order valence-electron chi connectivity index (χ4n) is 3.52. The Morgan fingerprint density at radius 2 is 1.70 bits per heavy atom. The van der Waals surface area contributed by atoms with Gasteiger partial charge in [-0.2, -0.15) is 13.6 Å². The van der Waals surface area contributed by atoms with Gasteiger partial charge in [0.05, 0.1) is 6.54 Å². The number of nitrogens with zero attached hydrogens (tertiary/aromatic N) is 9. The van der Waals surface area contributed by atoms with Crippen LogP contribution < -0.4 is 4.90 Å². The van der Waals surface area contributed by atoms with Crippen LogP contribution in [0, 0.1) is 0 Å². The van der Waals surface area contributed by atoms with Crippen LogP contribution in [0.5, 0.6) is 0 Å². The Morgan fingerprint density at radius 1 is 0.939 bits per heavy atom. The molecule has 0 bridgehead atoms. The maximum Gasteiger partial charge on any atom is 0.314 e. The summed E-state index contributed by atoms with van der Waals surface area (Å²) in [5.41, 5.74) is 2.25. The van der Waals surface area contributed by atoms with E-state index in [1.165, 1.54) is 4.80 Å². The number of likely N-dealkylation sites (N-methyl/N-ethyl adjacent to an activating group) is 1. The summed E-state index contributed by atoms with van der Waals surface area (Å²) in [6.07, 6.45) is -1.03. The number of benzene rings is 1. The van der Waals surface area contributed by atoms with Gasteiger partial charge in [0.25, 0.3) is 5.89 Å². The van der Waals surface area contributed by atoms with Gasteiger partial charge in [-0.05, 0) is 42.1 Å². The van der Waals surface area contributed by atoms with E-state index in [0.29, 0.717) is 17.9 Å². The number of hydrogen-bond acceptors (Lipinski definition) is 9. The highest BCUT2D eigenvalue weighted by Gasteiger charge is 2.17. The summed E-state index contributed by atoms with van der Waals surface area (Å²) in [7, 11) is 2.12. The minimum Gasteiger partial charge on any atom is -0.415 e. The van der Waals surface area contributed by atoms with Crippen molar-refractivity contribution in [3.05, 3.63) is 54.0 Å². The average molecular weight is 453 g/mol. The van der Waals surface area contributed by atoms with Crippen molar-refractivity contribution in [2.75, 3.05) is 38.1 Å². The van der Waals surface area contributed by atoms with Gasteiger partial charge in [-0.15, -0.1) is 20.4 Å². The number of aromatic nitrogens is 7. The predicted octanol–water partition coefficient (Wildman–Crippen LogP) is 2.52. The maximum absolute atomic E-state index is 12.6. The maximum atomic E-state index is 12.6. The Balaban J connectivity index is 1.23. The summed E-state index contributed by atoms with van der Waals surface area (Å²) in [4.78, 5) is 10.6. The lowest BCUT2D eigenvalue weighted by Crippen LogP contribution is -2.44. The molecule has 0 aliphatic carbocycles. The van der Waals surface area contributed by atoms with Gasteiger partial charge in [-0.1, -0.05) is 12.1 Å². The average Bonchev–Trinajstić information content (AvgIpc) is 3.51. The van der Waals surface area contributed by atoms with Crippen LogP contribution in [-0.4, -0.2) is 73.5 Å². The van der Waals surface area contributed by atoms with E-state index >= 15 is 0 Å². The number of anilines is 1. The molecule has 1 aliphatic heterocycles. The monoisotopic (exact) mass is 453 g/mol. The molecule has 0 radical (unpaired) electrons. The number of pyridine rings is 1. The Morgan fingerprint density at radius 3 is 2.36 bits per heavy atom. The molecule has 33 heavy (non-hydrogen) atoms. The van der Waals surface area contributed by atoms with E-state index < -0.39 is 12.3 Å². The molecule has 0 saturated carbocycles. The van der Waals surface area contributed by atoms with E-state index in [1.807, 2.05) is 24.3 Å². The van der Waals surface area contributed by atoms with Gasteiger partial charge in [0.15, 0.2) is 0 Å². The first kappa shape index (κ1) is 21.1. The van der Waals surface area contributed by atoms with Crippen LogP contribution in [-0.2, 0) is 6.54 Å². The van der Waals surface area contributed by atoms with Crippen molar-refractivity contribution in [3.63, 3.8) is 0 Å². The third-order valence-electron chi connectivity index (χ3n) is 5.44. The van der Waals surface area contributed by atoms with Gasteiger partial charge >= 0.3 is 6.43 Å². The van der Waals surface area contributed by atoms with E-state index in [9.17, 15) is 8.78 Å². The Kier molecular flexibility index (Phi) is 5.73. The van der Waals surface area contributed by atoms with Crippen LogP contribution in [0.15, 0.2) is 47.0 Å². The fourth-order valence-corrected chi connectivity index (χ4v) is 3.52. The van der Waals surface area contributed by atoms with Gasteiger partial charge in [0.1, 0.15) is 5.82 Å². The minimum atomic E-state index is -2.80. The normalized spacial score (nSPS) is 14.8. The second-order valence-electron chi connectivity index (χ2n) is 7.78. The number of tetrazole rings is 1. The third-order valence-corrected chi connectivity index (χ3v) is 5.44. The molecule has 4 aromatic rings. The van der Waals surface area contributed by atoms with Crippen LogP contribution >= 0.6 is 0 Å². The number of halogens is 2. The number of piperazine rings is 1. The third kappa shape index (κ3) is 4.70. The Bertz CT molecular complexity index is 1200. The first-order valence-corrected chi connectivity index (χ1v) is 10.4. The van der Waals surface area contributed by atoms with Crippen LogP contribution in [0.25, 0.3) is 22.8 Å². The largest absolute Gasteiger partial charge is 0.415 e. The quantitative estimate of drug-likeness (QED) is 0.436. The SMILES string of the molecule is CN1CCN(c2ccc(-c3nnn(Cc4ccc(-c5nnc(C(F)F)o5)cc4)n3)cn2)CC1. The molecule has 0 unspecified atom stereocenters. The molecule has 0 N–H and O–H groups in total. The predicted molar refractivity (Wildman–Crippen MR) is 115 cm³/mol. The summed E-state index contributed by atoms with van der Waals surface area (Å²) < 4.78 is 30.2. The summed E-state index contributed by atoms with van der Waals surface area (Å²) in [6.45, 7) is 4.34. The van der Waals surface area contributed by atoms with Crippen molar-refractivity contribution in [2.45, 2.75) is 13.0 Å². The Hall–Kier alpha value is -3.80. The minimum absolute atomic E-state index is 0.0468. The highest BCUT2D eigenvalue weighted by atomic mass is 19.3. The lowest BCUT2D eigenvalue weighted by Gasteiger charge is -2.33. The molecule has 1 aromatic carbocycles. The highest BCUT2D eigenvalue weighted by molar-refractivity contribution is 5.56. The van der Waals surface area contributed by atoms with E-state index in [4.69, 9.17) is 4.42 Å². The molecular weight excluding hydrogens is 432 g/mol. The molecule has 3 aromatic heterocycles. The highest BCUT2D eigenvalue weighted by Crippen LogP contribution is 2.24. The zero-order valence-electron chi connectivity index (χ0n) is 17.8. The molecule has 0 spiro atoms. The number of hydrogen-bond donors (Lipinski definition) is 0. The molecule has 5 rings (SSSR count). The fraction of sp³-hybridized carbons (Fsp3) is 0.333. The molecule has 12 heteroatoms. The molecule has 170 valence electrons. The Labute approximate surface area is 187 Å². The lowest BCUT2D eigenvalue weighted by atomic mass is 10.1. The van der Waals surface area contributed by atoms with Gasteiger partial charge in [-0.3, -0.25) is 0 Å². The first-order chi connectivity index (χ1) is 16.0. The summed E-state index contributed by atoms with van der Waals surface area (Å²) >= 11 is 0. The zero-order chi connectivity index (χ0) is 22.8. The van der Waals surface area contributed by atoms with Crippen molar-refractivity contribution >= 4 is 5.82 Å². The van der Waals surface area contributed by atoms with Crippen molar-refractivity contribution < 1.29 is 13.2 Å². The van der Waals surface area contributed by atoms with Crippen molar-refractivity contribution in [1.29, 1.82) is 0 Å². The van der Waals surface area contributed by atoms with Gasteiger partial charge in [-0.25, -0.2) is 4.98 Å².